The monoisotopic (exact) mass is 412 g/mol. The first-order valence-corrected chi connectivity index (χ1v) is 11.2. The second kappa shape index (κ2) is 11.7. The molecular formula is C24H32N2O2S. The number of nitrogens with zero attached hydrogens (tertiary/aromatic N) is 1. The molecule has 0 saturated carbocycles. The fourth-order valence-electron chi connectivity index (χ4n) is 3.14. The Bertz CT molecular complexity index is 775. The second-order valence-corrected chi connectivity index (χ2v) is 8.56. The SMILES string of the molecule is CC[C@@H](C(=O)NC(C)C)N(CCc1ccccc1)C(=O)CSc1ccc(C)cc1. The van der Waals surface area contributed by atoms with Crippen LogP contribution in [0.2, 0.25) is 0 Å². The minimum Gasteiger partial charge on any atom is -0.352 e. The van der Waals surface area contributed by atoms with Crippen molar-refractivity contribution in [2.24, 2.45) is 0 Å². The van der Waals surface area contributed by atoms with Gasteiger partial charge in [0.25, 0.3) is 0 Å². The molecule has 156 valence electrons. The first kappa shape index (κ1) is 23.0. The Hall–Kier alpha value is -2.27. The van der Waals surface area contributed by atoms with Crippen LogP contribution >= 0.6 is 11.8 Å². The van der Waals surface area contributed by atoms with E-state index in [0.29, 0.717) is 18.7 Å². The summed E-state index contributed by atoms with van der Waals surface area (Å²) >= 11 is 1.52. The Morgan fingerprint density at radius 1 is 1.03 bits per heavy atom. The number of aryl methyl sites for hydroxylation is 1. The quantitative estimate of drug-likeness (QED) is 0.586. The summed E-state index contributed by atoms with van der Waals surface area (Å²) in [6.07, 6.45) is 1.32. The lowest BCUT2D eigenvalue weighted by Crippen LogP contribution is -2.51. The van der Waals surface area contributed by atoms with Crippen molar-refractivity contribution in [2.45, 2.75) is 57.5 Å². The topological polar surface area (TPSA) is 49.4 Å². The maximum absolute atomic E-state index is 13.1. The van der Waals surface area contributed by atoms with Crippen LogP contribution in [0.1, 0.15) is 38.3 Å². The van der Waals surface area contributed by atoms with Gasteiger partial charge in [-0.3, -0.25) is 9.59 Å². The van der Waals surface area contributed by atoms with Crippen LogP contribution in [-0.4, -0.2) is 41.1 Å². The van der Waals surface area contributed by atoms with Crippen molar-refractivity contribution in [1.29, 1.82) is 0 Å². The molecule has 4 nitrogen and oxygen atoms in total. The van der Waals surface area contributed by atoms with Crippen LogP contribution < -0.4 is 5.32 Å². The van der Waals surface area contributed by atoms with Crippen molar-refractivity contribution >= 4 is 23.6 Å². The van der Waals surface area contributed by atoms with E-state index in [1.807, 2.05) is 70.2 Å². The zero-order chi connectivity index (χ0) is 21.2. The highest BCUT2D eigenvalue weighted by Crippen LogP contribution is 2.20. The second-order valence-electron chi connectivity index (χ2n) is 7.51. The van der Waals surface area contributed by atoms with E-state index in [0.717, 1.165) is 16.9 Å². The van der Waals surface area contributed by atoms with Crippen molar-refractivity contribution in [3.63, 3.8) is 0 Å². The number of benzene rings is 2. The van der Waals surface area contributed by atoms with Crippen LogP contribution in [0.3, 0.4) is 0 Å². The summed E-state index contributed by atoms with van der Waals surface area (Å²) in [6, 6.07) is 17.8. The first-order chi connectivity index (χ1) is 13.9. The maximum atomic E-state index is 13.1. The lowest BCUT2D eigenvalue weighted by atomic mass is 10.1. The van der Waals surface area contributed by atoms with E-state index < -0.39 is 6.04 Å². The molecule has 29 heavy (non-hydrogen) atoms. The maximum Gasteiger partial charge on any atom is 0.242 e. The summed E-state index contributed by atoms with van der Waals surface area (Å²) < 4.78 is 0. The summed E-state index contributed by atoms with van der Waals surface area (Å²) in [6.45, 7) is 8.41. The molecule has 2 aromatic carbocycles. The summed E-state index contributed by atoms with van der Waals surface area (Å²) in [5.41, 5.74) is 2.36. The van der Waals surface area contributed by atoms with E-state index in [4.69, 9.17) is 0 Å². The lowest BCUT2D eigenvalue weighted by molar-refractivity contribution is -0.139. The first-order valence-electron chi connectivity index (χ1n) is 10.2. The van der Waals surface area contributed by atoms with E-state index in [-0.39, 0.29) is 17.9 Å². The minimum absolute atomic E-state index is 0.00253. The Labute approximate surface area is 179 Å². The van der Waals surface area contributed by atoms with E-state index in [1.165, 1.54) is 17.3 Å². The number of carbonyl (C=O) groups excluding carboxylic acids is 2. The summed E-state index contributed by atoms with van der Waals surface area (Å²) in [7, 11) is 0. The molecular weight excluding hydrogens is 380 g/mol. The van der Waals surface area contributed by atoms with Crippen LogP contribution in [0.25, 0.3) is 0 Å². The normalized spacial score (nSPS) is 11.9. The molecule has 0 bridgehead atoms. The van der Waals surface area contributed by atoms with Crippen LogP contribution in [0.15, 0.2) is 59.5 Å². The molecule has 1 N–H and O–H groups in total. The van der Waals surface area contributed by atoms with Gasteiger partial charge >= 0.3 is 0 Å². The number of thioether (sulfide) groups is 1. The summed E-state index contributed by atoms with van der Waals surface area (Å²) in [4.78, 5) is 28.7. The van der Waals surface area contributed by atoms with Crippen LogP contribution in [-0.2, 0) is 16.0 Å². The summed E-state index contributed by atoms with van der Waals surface area (Å²) in [5.74, 6) is 0.241. The van der Waals surface area contributed by atoms with Crippen molar-refractivity contribution in [2.75, 3.05) is 12.3 Å². The number of amides is 2. The molecule has 2 rings (SSSR count). The smallest absolute Gasteiger partial charge is 0.242 e. The van der Waals surface area contributed by atoms with Gasteiger partial charge in [0.05, 0.1) is 5.75 Å². The third-order valence-electron chi connectivity index (χ3n) is 4.68. The number of hydrogen-bond donors (Lipinski definition) is 1. The molecule has 2 aromatic rings. The van der Waals surface area contributed by atoms with Gasteiger partial charge < -0.3 is 10.2 Å². The van der Waals surface area contributed by atoms with Gasteiger partial charge in [-0.2, -0.15) is 0 Å². The average molecular weight is 413 g/mol. The highest BCUT2D eigenvalue weighted by Gasteiger charge is 2.28. The van der Waals surface area contributed by atoms with E-state index in [9.17, 15) is 9.59 Å². The zero-order valence-electron chi connectivity index (χ0n) is 17.9. The van der Waals surface area contributed by atoms with Crippen molar-refractivity contribution in [3.05, 3.63) is 65.7 Å². The van der Waals surface area contributed by atoms with E-state index in [1.54, 1.807) is 4.90 Å². The molecule has 0 heterocycles. The van der Waals surface area contributed by atoms with Crippen molar-refractivity contribution in [3.8, 4) is 0 Å². The van der Waals surface area contributed by atoms with Gasteiger partial charge in [0.2, 0.25) is 11.8 Å². The molecule has 5 heteroatoms. The molecule has 0 aliphatic rings. The Balaban J connectivity index is 2.11. The number of hydrogen-bond acceptors (Lipinski definition) is 3. The van der Waals surface area contributed by atoms with E-state index in [2.05, 4.69) is 17.4 Å². The van der Waals surface area contributed by atoms with Gasteiger partial charge in [-0.05, 0) is 51.3 Å². The predicted octanol–water partition coefficient (Wildman–Crippen LogP) is 4.46. The van der Waals surface area contributed by atoms with Crippen molar-refractivity contribution in [1.82, 2.24) is 10.2 Å². The number of rotatable bonds is 10. The predicted molar refractivity (Wildman–Crippen MR) is 121 cm³/mol. The molecule has 0 saturated heterocycles. The highest BCUT2D eigenvalue weighted by molar-refractivity contribution is 8.00. The van der Waals surface area contributed by atoms with E-state index >= 15 is 0 Å². The highest BCUT2D eigenvalue weighted by atomic mass is 32.2. The fraction of sp³-hybridized carbons (Fsp3) is 0.417. The van der Waals surface area contributed by atoms with Gasteiger partial charge in [0.15, 0.2) is 0 Å². The fourth-order valence-corrected chi connectivity index (χ4v) is 3.92. The molecule has 0 aliphatic carbocycles. The van der Waals surface area contributed by atoms with Gasteiger partial charge in [-0.1, -0.05) is 55.0 Å². The molecule has 0 spiro atoms. The standard InChI is InChI=1S/C24H32N2O2S/c1-5-22(24(28)25-18(2)3)26(16-15-20-9-7-6-8-10-20)23(27)17-29-21-13-11-19(4)12-14-21/h6-14,18,22H,5,15-17H2,1-4H3,(H,25,28)/t22-/m0/s1. The van der Waals surface area contributed by atoms with Crippen molar-refractivity contribution < 1.29 is 9.59 Å². The van der Waals surface area contributed by atoms with Gasteiger partial charge in [0, 0.05) is 17.5 Å². The third-order valence-corrected chi connectivity index (χ3v) is 5.68. The summed E-state index contributed by atoms with van der Waals surface area (Å²) in [5, 5.41) is 2.97. The average Bonchev–Trinajstić information content (AvgIpc) is 2.70. The number of nitrogens with one attached hydrogen (secondary N) is 1. The number of carbonyl (C=O) groups is 2. The molecule has 0 radical (unpaired) electrons. The molecule has 0 aromatic heterocycles. The Morgan fingerprint density at radius 2 is 1.69 bits per heavy atom. The third kappa shape index (κ3) is 7.58. The van der Waals surface area contributed by atoms with Gasteiger partial charge in [-0.15, -0.1) is 11.8 Å². The molecule has 0 fully saturated rings. The molecule has 0 unspecified atom stereocenters. The Morgan fingerprint density at radius 3 is 2.28 bits per heavy atom. The molecule has 2 amide bonds. The lowest BCUT2D eigenvalue weighted by Gasteiger charge is -2.31. The zero-order valence-corrected chi connectivity index (χ0v) is 18.7. The minimum atomic E-state index is -0.452. The van der Waals surface area contributed by atoms with Crippen LogP contribution in [0, 0.1) is 6.92 Å². The largest absolute Gasteiger partial charge is 0.352 e. The van der Waals surface area contributed by atoms with Crippen LogP contribution in [0.4, 0.5) is 0 Å². The van der Waals surface area contributed by atoms with Crippen LogP contribution in [0.5, 0.6) is 0 Å². The molecule has 0 aliphatic heterocycles. The molecule has 1 atom stereocenters. The van der Waals surface area contributed by atoms with Gasteiger partial charge in [-0.25, -0.2) is 0 Å². The Kier molecular flexibility index (Phi) is 9.26. The van der Waals surface area contributed by atoms with Gasteiger partial charge in [0.1, 0.15) is 6.04 Å².